The SMILES string of the molecule is CCc1cccc(COCc2cc3cc(c2O)CC(O)c2cc(Cc4cccc(CC)c4O)cc(c2O)COCc2cccc(c2O)CCc2cccc(c2O)Cc2cc(COCc4cccc(CC)c4O)c(O)c(c2)C(O)Cc2cc(Cc4cccc(CC)c4O)cc(c2O)COCc2cccc(c2O)CCc2cccc(c2O)C3)c1O. The van der Waals surface area contributed by atoms with Crippen LogP contribution in [0, 0.1) is 0 Å². The third-order valence-electron chi connectivity index (χ3n) is 22.9. The molecule has 14 N–H and O–H groups in total. The van der Waals surface area contributed by atoms with Gasteiger partial charge >= 0.3 is 0 Å². The van der Waals surface area contributed by atoms with Gasteiger partial charge in [-0.1, -0.05) is 185 Å². The van der Waals surface area contributed by atoms with E-state index in [2.05, 4.69) is 0 Å². The molecule has 18 heteroatoms. The monoisotopic (exact) mass is 1590 g/mol. The van der Waals surface area contributed by atoms with Crippen LogP contribution in [0.1, 0.15) is 196 Å². The van der Waals surface area contributed by atoms with Crippen molar-refractivity contribution in [2.75, 3.05) is 0 Å². The number of phenolic OH excluding ortho intramolecular Hbond substituents is 12. The van der Waals surface area contributed by atoms with Crippen LogP contribution in [0.4, 0.5) is 0 Å². The lowest BCUT2D eigenvalue weighted by Crippen LogP contribution is -2.08. The van der Waals surface area contributed by atoms with E-state index in [1.54, 1.807) is 115 Å². The predicted molar refractivity (Wildman–Crippen MR) is 452 cm³/mol. The van der Waals surface area contributed by atoms with Crippen molar-refractivity contribution in [3.63, 3.8) is 0 Å². The maximum Gasteiger partial charge on any atom is 0.126 e. The van der Waals surface area contributed by atoms with Crippen molar-refractivity contribution >= 4 is 0 Å². The highest BCUT2D eigenvalue weighted by atomic mass is 16.5. The summed E-state index contributed by atoms with van der Waals surface area (Å²) in [5.41, 5.74) is 14.3. The normalized spacial score (nSPS) is 14.5. The lowest BCUT2D eigenvalue weighted by molar-refractivity contribution is 0.102. The molecule has 612 valence electrons. The zero-order valence-corrected chi connectivity index (χ0v) is 67.1. The van der Waals surface area contributed by atoms with E-state index in [0.717, 1.165) is 22.3 Å². The first-order valence-electron chi connectivity index (χ1n) is 40.5. The second-order valence-corrected chi connectivity index (χ2v) is 30.8. The van der Waals surface area contributed by atoms with Crippen molar-refractivity contribution < 1.29 is 90.4 Å². The summed E-state index contributed by atoms with van der Waals surface area (Å²) in [5.74, 6) is -0.414. The van der Waals surface area contributed by atoms with E-state index in [4.69, 9.17) is 18.9 Å². The van der Waals surface area contributed by atoms with E-state index in [1.807, 2.05) is 107 Å². The van der Waals surface area contributed by atoms with Crippen LogP contribution in [0.3, 0.4) is 0 Å². The van der Waals surface area contributed by atoms with Crippen LogP contribution in [0.25, 0.3) is 0 Å². The smallest absolute Gasteiger partial charge is 0.126 e. The van der Waals surface area contributed by atoms with Gasteiger partial charge in [0, 0.05) is 94.2 Å². The number of hydrogen-bond donors (Lipinski definition) is 14. The molecule has 0 amide bonds. The van der Waals surface area contributed by atoms with Gasteiger partial charge in [0.2, 0.25) is 0 Å². The highest BCUT2D eigenvalue weighted by molar-refractivity contribution is 5.56. The standard InChI is InChI=1S/C100H104O18/c1-5-63-17-9-25-71(89(63)103)37-59-41-79-49-88(102)86-48-62(46-84(100(86)114)57-117-52-76-30-12-20-66(8-4)92(76)106)40-74-28-14-22-68(94(74)108)34-36-70-24-16-32-78(96(70)110)54-118-58-83-45-61(39-72-26-10-18-64(6-2)90(72)104)47-85(99(83)113)87(101)50-80-42-60(44-82(98(80)112)55-115-51-75-29-11-19-65(7-3)91(75)105)38-73-27-13-21-67(93(73)107)33-35-69-23-15-31-77(95(69)109)53-116-56-81(43-59)97(79)111/h9-32,41-48,87-88,101-114H,5-8,33-40,49-58H2,1-4H3. The second kappa shape index (κ2) is 38.4. The van der Waals surface area contributed by atoms with Crippen LogP contribution in [0.15, 0.2) is 194 Å². The van der Waals surface area contributed by atoms with Crippen LogP contribution in [0.5, 0.6) is 69.0 Å². The molecule has 0 aliphatic carbocycles. The molecular formula is C100H104O18. The number of hydrogen-bond acceptors (Lipinski definition) is 18. The maximum atomic E-state index is 12.6. The van der Waals surface area contributed by atoms with Crippen LogP contribution < -0.4 is 0 Å². The van der Waals surface area contributed by atoms with Crippen LogP contribution >= 0.6 is 0 Å². The first-order chi connectivity index (χ1) is 57.1. The van der Waals surface area contributed by atoms with Gasteiger partial charge in [-0.2, -0.15) is 0 Å². The summed E-state index contributed by atoms with van der Waals surface area (Å²) in [6.45, 7) is 6.96. The van der Waals surface area contributed by atoms with Gasteiger partial charge in [-0.05, 0) is 188 Å². The van der Waals surface area contributed by atoms with Gasteiger partial charge in [-0.3, -0.25) is 0 Å². The minimum absolute atomic E-state index is 0.000684. The number of aromatic hydroxyl groups is 12. The molecule has 12 aromatic carbocycles. The van der Waals surface area contributed by atoms with E-state index in [1.165, 1.54) is 0 Å². The summed E-state index contributed by atoms with van der Waals surface area (Å²) in [5, 5.41) is 168. The summed E-state index contributed by atoms with van der Waals surface area (Å²) in [7, 11) is 0. The number of para-hydroxylation sites is 8. The molecule has 0 saturated carbocycles. The Morgan fingerprint density at radius 2 is 0.559 bits per heavy atom. The van der Waals surface area contributed by atoms with E-state index in [-0.39, 0.29) is 184 Å². The third-order valence-corrected chi connectivity index (χ3v) is 22.9. The molecule has 0 aromatic heterocycles. The van der Waals surface area contributed by atoms with E-state index >= 15 is 0 Å². The minimum Gasteiger partial charge on any atom is -0.507 e. The van der Waals surface area contributed by atoms with Gasteiger partial charge in [0.1, 0.15) is 69.0 Å². The molecule has 1 heterocycles. The van der Waals surface area contributed by atoms with Crippen LogP contribution in [0.2, 0.25) is 0 Å². The van der Waals surface area contributed by atoms with Crippen molar-refractivity contribution in [3.05, 3.63) is 350 Å². The molecule has 0 fully saturated rings. The summed E-state index contributed by atoms with van der Waals surface area (Å²) in [6, 6.07) is 57.4. The number of aliphatic hydroxyl groups is 2. The Morgan fingerprint density at radius 3 is 0.992 bits per heavy atom. The van der Waals surface area contributed by atoms with Crippen molar-refractivity contribution in [2.45, 2.75) is 183 Å². The molecule has 13 rings (SSSR count). The van der Waals surface area contributed by atoms with Gasteiger partial charge in [0.15, 0.2) is 0 Å². The number of phenols is 12. The maximum absolute atomic E-state index is 12.6. The summed E-state index contributed by atoms with van der Waals surface area (Å²) in [4.78, 5) is 0. The molecular weight excluding hydrogens is 1490 g/mol. The van der Waals surface area contributed by atoms with Crippen molar-refractivity contribution in [1.82, 2.24) is 0 Å². The van der Waals surface area contributed by atoms with Gasteiger partial charge in [-0.15, -0.1) is 0 Å². The molecule has 16 bridgehead atoms. The first-order valence-corrected chi connectivity index (χ1v) is 40.5. The van der Waals surface area contributed by atoms with Gasteiger partial charge < -0.3 is 90.4 Å². The van der Waals surface area contributed by atoms with Gasteiger partial charge in [0.25, 0.3) is 0 Å². The highest BCUT2D eigenvalue weighted by Crippen LogP contribution is 2.43. The van der Waals surface area contributed by atoms with Gasteiger partial charge in [0.05, 0.1) is 65.1 Å². The number of benzene rings is 12. The van der Waals surface area contributed by atoms with Crippen molar-refractivity contribution in [1.29, 1.82) is 0 Å². The van der Waals surface area contributed by atoms with Crippen LogP contribution in [-0.4, -0.2) is 71.5 Å². The van der Waals surface area contributed by atoms with Crippen LogP contribution in [-0.2, 0) is 162 Å². The number of rotatable bonds is 16. The zero-order chi connectivity index (χ0) is 83.3. The molecule has 1 aliphatic rings. The Kier molecular flexibility index (Phi) is 27.3. The van der Waals surface area contributed by atoms with Gasteiger partial charge in [-0.25, -0.2) is 0 Å². The molecule has 0 saturated heterocycles. The Bertz CT molecular complexity index is 5590. The lowest BCUT2D eigenvalue weighted by atomic mass is 9.90. The highest BCUT2D eigenvalue weighted by Gasteiger charge is 2.27. The lowest BCUT2D eigenvalue weighted by Gasteiger charge is -2.20. The van der Waals surface area contributed by atoms with E-state index < -0.39 is 12.2 Å². The minimum atomic E-state index is -1.46. The number of fused-ring (bicyclic) bond motifs is 16. The fraction of sp³-hybridized carbons (Fsp3) is 0.280. The molecule has 1 aliphatic heterocycles. The average Bonchev–Trinajstić information content (AvgIpc) is 0.796. The molecule has 12 aromatic rings. The topological polar surface area (TPSA) is 320 Å². The Labute approximate surface area is 688 Å². The fourth-order valence-electron chi connectivity index (χ4n) is 16.2. The van der Waals surface area contributed by atoms with E-state index in [9.17, 15) is 71.5 Å². The zero-order valence-electron chi connectivity index (χ0n) is 67.1. The number of aryl methyl sites for hydroxylation is 8. The molecule has 2 unspecified atom stereocenters. The molecule has 0 radical (unpaired) electrons. The summed E-state index contributed by atoms with van der Waals surface area (Å²) < 4.78 is 25.2. The average molecular weight is 1590 g/mol. The Morgan fingerprint density at radius 1 is 0.263 bits per heavy atom. The van der Waals surface area contributed by atoms with Crippen molar-refractivity contribution in [3.8, 4) is 69.0 Å². The molecule has 2 atom stereocenters. The quantitative estimate of drug-likeness (QED) is 0.0427. The molecule has 118 heavy (non-hydrogen) atoms. The fourth-order valence-corrected chi connectivity index (χ4v) is 16.2. The first kappa shape index (κ1) is 83.9. The largest absolute Gasteiger partial charge is 0.507 e. The Hall–Kier alpha value is -12.0. The van der Waals surface area contributed by atoms with Crippen molar-refractivity contribution in [2.24, 2.45) is 0 Å². The second-order valence-electron chi connectivity index (χ2n) is 30.8. The Balaban J connectivity index is 0.861. The van der Waals surface area contributed by atoms with E-state index in [0.29, 0.717) is 161 Å². The number of aliphatic hydroxyl groups excluding tert-OH is 2. The third kappa shape index (κ3) is 19.5. The number of ether oxygens (including phenoxy) is 4. The molecule has 0 spiro atoms. The predicted octanol–water partition coefficient (Wildman–Crippen LogP) is 18.1. The summed E-state index contributed by atoms with van der Waals surface area (Å²) in [6.07, 6.45) is 0.876. The molecule has 18 nitrogen and oxygen atoms in total. The summed E-state index contributed by atoms with van der Waals surface area (Å²) >= 11 is 0.